The smallest absolute Gasteiger partial charge is 0.0700 e. The molecule has 1 heterocycles. The summed E-state index contributed by atoms with van der Waals surface area (Å²) in [6.45, 7) is 8.99. The van der Waals surface area contributed by atoms with Gasteiger partial charge in [0, 0.05) is 18.1 Å². The molecule has 2 heteroatoms. The van der Waals surface area contributed by atoms with Gasteiger partial charge in [-0.3, -0.25) is 4.98 Å². The lowest BCUT2D eigenvalue weighted by molar-refractivity contribution is 0.823. The Morgan fingerprint density at radius 1 is 0.692 bits per heavy atom. The molecule has 0 aliphatic rings. The second-order valence-electron chi connectivity index (χ2n) is 13.2. The Labute approximate surface area is 308 Å². The zero-order valence-corrected chi connectivity index (χ0v) is 30.0. The molecule has 254 valence electrons. The van der Waals surface area contributed by atoms with Crippen molar-refractivity contribution in [3.05, 3.63) is 211 Å². The molecule has 0 aliphatic carbocycles. The average Bonchev–Trinajstić information content (AvgIpc) is 3.20. The van der Waals surface area contributed by atoms with E-state index in [1.165, 1.54) is 54.9 Å². The number of fused-ring (bicyclic) bond motifs is 2. The van der Waals surface area contributed by atoms with Crippen LogP contribution in [0.2, 0.25) is 0 Å². The predicted octanol–water partition coefficient (Wildman–Crippen LogP) is 12.9. The van der Waals surface area contributed by atoms with Crippen molar-refractivity contribution >= 4 is 32.8 Å². The molecule has 1 atom stereocenters. The molecule has 0 saturated heterocycles. The summed E-state index contributed by atoms with van der Waals surface area (Å²) in [5, 5.41) is 8.91. The van der Waals surface area contributed by atoms with Crippen molar-refractivity contribution in [2.75, 3.05) is 0 Å². The number of aromatic nitrogens is 1. The van der Waals surface area contributed by atoms with Crippen molar-refractivity contribution in [1.29, 1.82) is 0 Å². The molecular formula is C50H44N2. The Balaban J connectivity index is 1.21. The number of pyridine rings is 1. The Morgan fingerprint density at radius 3 is 2.15 bits per heavy atom. The highest BCUT2D eigenvalue weighted by molar-refractivity contribution is 5.97. The lowest BCUT2D eigenvalue weighted by Gasteiger charge is -2.22. The third-order valence-electron chi connectivity index (χ3n) is 9.72. The van der Waals surface area contributed by atoms with Crippen molar-refractivity contribution in [3.8, 4) is 22.3 Å². The lowest BCUT2D eigenvalue weighted by atomic mass is 9.95. The highest BCUT2D eigenvalue weighted by Crippen LogP contribution is 2.31. The van der Waals surface area contributed by atoms with Crippen LogP contribution in [0.5, 0.6) is 0 Å². The summed E-state index contributed by atoms with van der Waals surface area (Å²) in [5.74, 6) is 0. The molecule has 0 saturated carbocycles. The lowest BCUT2D eigenvalue weighted by Crippen LogP contribution is -2.27. The van der Waals surface area contributed by atoms with Crippen LogP contribution in [0.3, 0.4) is 0 Å². The highest BCUT2D eigenvalue weighted by atomic mass is 14.9. The van der Waals surface area contributed by atoms with Gasteiger partial charge in [0.15, 0.2) is 0 Å². The van der Waals surface area contributed by atoms with Crippen molar-refractivity contribution in [1.82, 2.24) is 10.3 Å². The number of nitrogens with one attached hydrogen (secondary N) is 1. The van der Waals surface area contributed by atoms with Crippen LogP contribution in [0, 0.1) is 0 Å². The topological polar surface area (TPSA) is 24.9 Å². The van der Waals surface area contributed by atoms with E-state index >= 15 is 0 Å². The highest BCUT2D eigenvalue weighted by Gasteiger charge is 2.14. The zero-order valence-electron chi connectivity index (χ0n) is 30.0. The fraction of sp³-hybridized carbons (Fsp3) is 0.100. The Bertz CT molecular complexity index is 2400. The Morgan fingerprint density at radius 2 is 1.38 bits per heavy atom. The fourth-order valence-corrected chi connectivity index (χ4v) is 6.98. The summed E-state index contributed by atoms with van der Waals surface area (Å²) in [4.78, 5) is 4.30. The summed E-state index contributed by atoms with van der Waals surface area (Å²) in [6.07, 6.45) is 14.7. The van der Waals surface area contributed by atoms with Gasteiger partial charge in [-0.2, -0.15) is 0 Å². The van der Waals surface area contributed by atoms with Gasteiger partial charge < -0.3 is 5.32 Å². The van der Waals surface area contributed by atoms with Gasteiger partial charge in [0.1, 0.15) is 0 Å². The fourth-order valence-electron chi connectivity index (χ4n) is 6.98. The van der Waals surface area contributed by atoms with Crippen LogP contribution in [0.1, 0.15) is 37.0 Å². The number of hydrogen-bond donors (Lipinski definition) is 1. The van der Waals surface area contributed by atoms with Crippen molar-refractivity contribution < 1.29 is 0 Å². The van der Waals surface area contributed by atoms with Crippen molar-refractivity contribution in [2.24, 2.45) is 0 Å². The maximum atomic E-state index is 4.59. The quantitative estimate of drug-likeness (QED) is 0.131. The molecule has 0 radical (unpaired) electrons. The molecule has 2 nitrogen and oxygen atoms in total. The third kappa shape index (κ3) is 7.88. The summed E-state index contributed by atoms with van der Waals surface area (Å²) in [7, 11) is 0. The Hall–Kier alpha value is -6.25. The van der Waals surface area contributed by atoms with E-state index in [1.54, 1.807) is 0 Å². The second-order valence-corrected chi connectivity index (χ2v) is 13.2. The minimum atomic E-state index is -0.101. The van der Waals surface area contributed by atoms with Crippen molar-refractivity contribution in [2.45, 2.75) is 32.7 Å². The first-order chi connectivity index (χ1) is 25.6. The standard InChI is InChI=1S/C50H44N2/c1-4-14-43(21-10-19-41-18-9-17-40-15-5-7-25-47(40)41)50(33-36(2)38-28-30-39(31-29-38)46-24-13-32-51-35-46)52-37(3)44-22-11-23-45(34-44)49-27-12-20-42-16-6-8-26-48(42)49/h5-18,20-35,50,52H,3-4,19H2,1-2H3/b21-10-,36-33+,43-14+. The van der Waals surface area contributed by atoms with E-state index in [2.05, 4.69) is 195 Å². The molecule has 0 amide bonds. The SMILES string of the molecule is C=C(NC(/C=C(\C)c1ccc(-c2cccnc2)cc1)C(/C=C\Cc1cccc2ccccc12)=C/CC)c1cccc(-c2cccc3ccccc23)c1. The molecule has 52 heavy (non-hydrogen) atoms. The summed E-state index contributed by atoms with van der Waals surface area (Å²) in [6, 6.07) is 51.7. The van der Waals surface area contributed by atoms with E-state index in [4.69, 9.17) is 0 Å². The van der Waals surface area contributed by atoms with Gasteiger partial charge in [-0.25, -0.2) is 0 Å². The van der Waals surface area contributed by atoms with Gasteiger partial charge in [-0.05, 0) is 104 Å². The maximum Gasteiger partial charge on any atom is 0.0700 e. The average molecular weight is 673 g/mol. The largest absolute Gasteiger partial charge is 0.375 e. The van der Waals surface area contributed by atoms with E-state index < -0.39 is 0 Å². The molecule has 0 fully saturated rings. The van der Waals surface area contributed by atoms with Crippen LogP contribution in [-0.2, 0) is 6.42 Å². The van der Waals surface area contributed by atoms with E-state index in [-0.39, 0.29) is 6.04 Å². The molecule has 6 aromatic carbocycles. The molecule has 0 bridgehead atoms. The minimum Gasteiger partial charge on any atom is -0.375 e. The van der Waals surface area contributed by atoms with Crippen LogP contribution in [0.4, 0.5) is 0 Å². The van der Waals surface area contributed by atoms with E-state index in [1.807, 2.05) is 18.5 Å². The predicted molar refractivity (Wildman–Crippen MR) is 224 cm³/mol. The third-order valence-corrected chi connectivity index (χ3v) is 9.72. The first kappa shape index (κ1) is 34.2. The summed E-state index contributed by atoms with van der Waals surface area (Å²) < 4.78 is 0. The van der Waals surface area contributed by atoms with E-state index in [0.29, 0.717) is 0 Å². The zero-order chi connectivity index (χ0) is 35.7. The molecular weight excluding hydrogens is 629 g/mol. The van der Waals surface area contributed by atoms with Crippen molar-refractivity contribution in [3.63, 3.8) is 0 Å². The molecule has 0 spiro atoms. The van der Waals surface area contributed by atoms with Gasteiger partial charge in [0.2, 0.25) is 0 Å². The number of rotatable bonds is 12. The van der Waals surface area contributed by atoms with Crippen LogP contribution in [0.15, 0.2) is 194 Å². The van der Waals surface area contributed by atoms with Crippen LogP contribution < -0.4 is 5.32 Å². The number of benzene rings is 6. The molecule has 7 aromatic rings. The molecule has 1 unspecified atom stereocenters. The van der Waals surface area contributed by atoms with Gasteiger partial charge in [0.25, 0.3) is 0 Å². The normalized spacial score (nSPS) is 12.7. The minimum absolute atomic E-state index is 0.101. The second kappa shape index (κ2) is 16.2. The molecule has 7 rings (SSSR count). The Kier molecular flexibility index (Phi) is 10.6. The molecule has 1 N–H and O–H groups in total. The summed E-state index contributed by atoms with van der Waals surface area (Å²) >= 11 is 0. The maximum absolute atomic E-state index is 4.59. The van der Waals surface area contributed by atoms with Gasteiger partial charge >= 0.3 is 0 Å². The summed E-state index contributed by atoms with van der Waals surface area (Å²) in [5.41, 5.74) is 11.5. The molecule has 1 aromatic heterocycles. The van der Waals surface area contributed by atoms with Gasteiger partial charge in [-0.1, -0.05) is 171 Å². The van der Waals surface area contributed by atoms with Gasteiger partial charge in [-0.15, -0.1) is 0 Å². The van der Waals surface area contributed by atoms with Gasteiger partial charge in [0.05, 0.1) is 6.04 Å². The first-order valence-electron chi connectivity index (χ1n) is 18.1. The van der Waals surface area contributed by atoms with E-state index in [9.17, 15) is 0 Å². The molecule has 0 aliphatic heterocycles. The number of nitrogens with zero attached hydrogens (tertiary/aromatic N) is 1. The number of allylic oxidation sites excluding steroid dienone is 3. The van der Waals surface area contributed by atoms with Crippen LogP contribution in [-0.4, -0.2) is 11.0 Å². The van der Waals surface area contributed by atoms with Crippen LogP contribution in [0.25, 0.3) is 55.1 Å². The number of hydrogen-bond acceptors (Lipinski definition) is 2. The first-order valence-corrected chi connectivity index (χ1v) is 18.1. The van der Waals surface area contributed by atoms with E-state index in [0.717, 1.165) is 35.2 Å². The monoisotopic (exact) mass is 672 g/mol. The van der Waals surface area contributed by atoms with Crippen LogP contribution >= 0.6 is 0 Å².